The smallest absolute Gasteiger partial charge is 0.151 e. The maximum absolute atomic E-state index is 11.8. The minimum atomic E-state index is -2.88. The molecule has 2 aromatic carbocycles. The Morgan fingerprint density at radius 1 is 1.21 bits per heavy atom. The lowest BCUT2D eigenvalue weighted by Crippen LogP contribution is -2.32. The van der Waals surface area contributed by atoms with E-state index in [0.717, 1.165) is 11.3 Å². The van der Waals surface area contributed by atoms with E-state index in [1.54, 1.807) is 0 Å². The third-order valence-corrected chi connectivity index (χ3v) is 6.35. The van der Waals surface area contributed by atoms with Crippen LogP contribution >= 0.6 is 0 Å². The average Bonchev–Trinajstić information content (AvgIpc) is 2.89. The lowest BCUT2D eigenvalue weighted by atomic mass is 10.0. The summed E-state index contributed by atoms with van der Waals surface area (Å²) < 4.78 is 29.6. The molecule has 0 bridgehead atoms. The molecule has 3 rings (SSSR count). The minimum Gasteiger partial charge on any atom is -0.491 e. The normalized spacial score (nSPS) is 20.1. The summed E-state index contributed by atoms with van der Waals surface area (Å²) in [4.78, 5) is 2.15. The summed E-state index contributed by atoms with van der Waals surface area (Å²) in [6, 6.07) is 12.5. The third-order valence-electron chi connectivity index (χ3n) is 4.60. The molecule has 24 heavy (non-hydrogen) atoms. The molecule has 1 saturated heterocycles. The van der Waals surface area contributed by atoms with Gasteiger partial charge in [0.15, 0.2) is 9.84 Å². The van der Waals surface area contributed by atoms with Crippen molar-refractivity contribution in [1.29, 1.82) is 0 Å². The van der Waals surface area contributed by atoms with Gasteiger partial charge in [-0.25, -0.2) is 8.42 Å². The van der Waals surface area contributed by atoms with Gasteiger partial charge in [-0.1, -0.05) is 30.3 Å². The van der Waals surface area contributed by atoms with Gasteiger partial charge >= 0.3 is 0 Å². The topological polar surface area (TPSA) is 46.6 Å². The van der Waals surface area contributed by atoms with Crippen LogP contribution in [0.3, 0.4) is 0 Å². The molecule has 0 saturated carbocycles. The Balaban J connectivity index is 1.94. The van der Waals surface area contributed by atoms with Crippen molar-refractivity contribution in [1.82, 2.24) is 4.90 Å². The molecule has 0 aromatic heterocycles. The largest absolute Gasteiger partial charge is 0.491 e. The van der Waals surface area contributed by atoms with Gasteiger partial charge in [-0.05, 0) is 44.2 Å². The van der Waals surface area contributed by atoms with E-state index in [0.29, 0.717) is 18.7 Å². The molecule has 1 aliphatic rings. The first-order chi connectivity index (χ1) is 11.4. The number of ether oxygens (including phenoxy) is 1. The van der Waals surface area contributed by atoms with Crippen LogP contribution in [0.2, 0.25) is 0 Å². The number of rotatable bonds is 5. The Bertz CT molecular complexity index is 830. The standard InChI is InChI=1S/C19H25NO3S/c1-14(2)23-19-9-8-15-6-4-5-7-17(15)18(19)12-20(3)16-10-11-24(21,22)13-16/h4-9,14,16H,10-13H2,1-3H3/t16-/m1/s1. The molecule has 5 heteroatoms. The fourth-order valence-corrected chi connectivity index (χ4v) is 5.15. The highest BCUT2D eigenvalue weighted by molar-refractivity contribution is 7.91. The summed E-state index contributed by atoms with van der Waals surface area (Å²) in [7, 11) is -0.871. The van der Waals surface area contributed by atoms with Crippen LogP contribution in [0.15, 0.2) is 36.4 Å². The maximum atomic E-state index is 11.8. The van der Waals surface area contributed by atoms with Gasteiger partial charge in [-0.3, -0.25) is 4.90 Å². The van der Waals surface area contributed by atoms with Crippen molar-refractivity contribution in [3.63, 3.8) is 0 Å². The van der Waals surface area contributed by atoms with Crippen LogP contribution in [0.5, 0.6) is 5.75 Å². The van der Waals surface area contributed by atoms with Crippen molar-refractivity contribution in [2.45, 2.75) is 39.0 Å². The van der Waals surface area contributed by atoms with Crippen LogP contribution in [0.1, 0.15) is 25.8 Å². The molecule has 1 atom stereocenters. The Kier molecular flexibility index (Phi) is 4.83. The van der Waals surface area contributed by atoms with Gasteiger partial charge in [-0.2, -0.15) is 0 Å². The van der Waals surface area contributed by atoms with Crippen LogP contribution in [-0.2, 0) is 16.4 Å². The van der Waals surface area contributed by atoms with Crippen LogP contribution < -0.4 is 4.74 Å². The molecule has 1 heterocycles. The molecule has 1 aliphatic heterocycles. The number of sulfone groups is 1. The average molecular weight is 347 g/mol. The van der Waals surface area contributed by atoms with E-state index < -0.39 is 9.84 Å². The summed E-state index contributed by atoms with van der Waals surface area (Å²) in [5.74, 6) is 1.44. The van der Waals surface area contributed by atoms with Crippen LogP contribution in [0.25, 0.3) is 10.8 Å². The number of nitrogens with zero attached hydrogens (tertiary/aromatic N) is 1. The molecular weight excluding hydrogens is 322 g/mol. The van der Waals surface area contributed by atoms with Crippen molar-refractivity contribution in [2.24, 2.45) is 0 Å². The molecule has 0 N–H and O–H groups in total. The molecule has 0 aliphatic carbocycles. The second-order valence-corrected chi connectivity index (χ2v) is 9.13. The predicted octanol–water partition coefficient (Wildman–Crippen LogP) is 3.25. The van der Waals surface area contributed by atoms with Gasteiger partial charge < -0.3 is 4.74 Å². The molecule has 2 aromatic rings. The van der Waals surface area contributed by atoms with E-state index in [-0.39, 0.29) is 17.9 Å². The fourth-order valence-electron chi connectivity index (χ4n) is 3.34. The zero-order valence-electron chi connectivity index (χ0n) is 14.5. The highest BCUT2D eigenvalue weighted by Crippen LogP contribution is 2.31. The highest BCUT2D eigenvalue weighted by atomic mass is 32.2. The van der Waals surface area contributed by atoms with E-state index in [1.807, 2.05) is 39.1 Å². The number of fused-ring (bicyclic) bond motifs is 1. The molecule has 0 unspecified atom stereocenters. The lowest BCUT2D eigenvalue weighted by Gasteiger charge is -2.25. The quantitative estimate of drug-likeness (QED) is 0.833. The Morgan fingerprint density at radius 2 is 1.96 bits per heavy atom. The Labute approximate surface area is 144 Å². The summed E-state index contributed by atoms with van der Waals surface area (Å²) in [5.41, 5.74) is 1.13. The van der Waals surface area contributed by atoms with Crippen LogP contribution in [0.4, 0.5) is 0 Å². The first-order valence-corrected chi connectivity index (χ1v) is 10.3. The van der Waals surface area contributed by atoms with Gasteiger partial charge in [0.2, 0.25) is 0 Å². The summed E-state index contributed by atoms with van der Waals surface area (Å²) in [5, 5.41) is 2.35. The highest BCUT2D eigenvalue weighted by Gasteiger charge is 2.31. The first-order valence-electron chi connectivity index (χ1n) is 8.43. The van der Waals surface area contributed by atoms with E-state index >= 15 is 0 Å². The zero-order chi connectivity index (χ0) is 17.3. The minimum absolute atomic E-state index is 0.0841. The molecular formula is C19H25NO3S. The summed E-state index contributed by atoms with van der Waals surface area (Å²) in [6.07, 6.45) is 0.811. The van der Waals surface area contributed by atoms with Crippen LogP contribution in [0, 0.1) is 0 Å². The SMILES string of the molecule is CC(C)Oc1ccc2ccccc2c1CN(C)[C@@H]1CCS(=O)(=O)C1. The van der Waals surface area contributed by atoms with Crippen molar-refractivity contribution in [3.05, 3.63) is 42.0 Å². The van der Waals surface area contributed by atoms with E-state index in [9.17, 15) is 8.42 Å². The van der Waals surface area contributed by atoms with E-state index in [2.05, 4.69) is 23.1 Å². The molecule has 0 spiro atoms. The first kappa shape index (κ1) is 17.2. The van der Waals surface area contributed by atoms with E-state index in [4.69, 9.17) is 4.74 Å². The maximum Gasteiger partial charge on any atom is 0.151 e. The summed E-state index contributed by atoms with van der Waals surface area (Å²) in [6.45, 7) is 4.72. The third kappa shape index (κ3) is 3.73. The van der Waals surface area contributed by atoms with Crippen molar-refractivity contribution in [3.8, 4) is 5.75 Å². The van der Waals surface area contributed by atoms with Gasteiger partial charge in [0, 0.05) is 18.2 Å². The molecule has 1 fully saturated rings. The van der Waals surface area contributed by atoms with Crippen molar-refractivity contribution >= 4 is 20.6 Å². The zero-order valence-corrected chi connectivity index (χ0v) is 15.3. The monoisotopic (exact) mass is 347 g/mol. The molecule has 130 valence electrons. The molecule has 0 amide bonds. The van der Waals surface area contributed by atoms with Crippen LogP contribution in [-0.4, -0.2) is 44.0 Å². The molecule has 4 nitrogen and oxygen atoms in total. The summed E-state index contributed by atoms with van der Waals surface area (Å²) >= 11 is 0. The van der Waals surface area contributed by atoms with Gasteiger partial charge in [0.1, 0.15) is 5.75 Å². The fraction of sp³-hybridized carbons (Fsp3) is 0.474. The predicted molar refractivity (Wildman–Crippen MR) is 98.2 cm³/mol. The Morgan fingerprint density at radius 3 is 2.62 bits per heavy atom. The van der Waals surface area contributed by atoms with Gasteiger partial charge in [0.05, 0.1) is 17.6 Å². The molecule has 0 radical (unpaired) electrons. The van der Waals surface area contributed by atoms with Gasteiger partial charge in [-0.15, -0.1) is 0 Å². The number of benzene rings is 2. The lowest BCUT2D eigenvalue weighted by molar-refractivity contribution is 0.224. The van der Waals surface area contributed by atoms with Crippen molar-refractivity contribution < 1.29 is 13.2 Å². The van der Waals surface area contributed by atoms with Crippen molar-refractivity contribution in [2.75, 3.05) is 18.6 Å². The van der Waals surface area contributed by atoms with E-state index in [1.165, 1.54) is 10.8 Å². The Hall–Kier alpha value is -1.59. The number of hydrogen-bond acceptors (Lipinski definition) is 4. The van der Waals surface area contributed by atoms with Gasteiger partial charge in [0.25, 0.3) is 0 Å². The second kappa shape index (κ2) is 6.73. The number of hydrogen-bond donors (Lipinski definition) is 0. The second-order valence-electron chi connectivity index (χ2n) is 6.90.